The quantitative estimate of drug-likeness (QED) is 0.723. The molecule has 0 saturated carbocycles. The number of nitrogens with one attached hydrogen (secondary N) is 1. The summed E-state index contributed by atoms with van der Waals surface area (Å²) >= 11 is 0. The number of amides is 1. The largest absolute Gasteiger partial charge is 0.326 e. The van der Waals surface area contributed by atoms with Gasteiger partial charge in [-0.3, -0.25) is 4.79 Å². The van der Waals surface area contributed by atoms with Crippen molar-refractivity contribution in [2.24, 2.45) is 0 Å². The number of carbonyl (C=O) groups excluding carboxylic acids is 1. The van der Waals surface area contributed by atoms with Gasteiger partial charge in [0.15, 0.2) is 11.6 Å². The van der Waals surface area contributed by atoms with Gasteiger partial charge in [-0.05, 0) is 48.9 Å². The zero-order valence-corrected chi connectivity index (χ0v) is 17.6. The Hall–Kier alpha value is -2.36. The molecule has 1 aliphatic rings. The van der Waals surface area contributed by atoms with E-state index in [0.717, 1.165) is 18.7 Å². The predicted molar refractivity (Wildman–Crippen MR) is 111 cm³/mol. The Balaban J connectivity index is 1.62. The molecule has 1 N–H and O–H groups in total. The minimum Gasteiger partial charge on any atom is -0.326 e. The van der Waals surface area contributed by atoms with Crippen molar-refractivity contribution in [3.8, 4) is 0 Å². The molecule has 0 aromatic heterocycles. The second-order valence-corrected chi connectivity index (χ2v) is 9.10. The van der Waals surface area contributed by atoms with Gasteiger partial charge in [0.25, 0.3) is 0 Å². The van der Waals surface area contributed by atoms with Crippen LogP contribution in [0.5, 0.6) is 0 Å². The molecule has 162 valence electrons. The first-order chi connectivity index (χ1) is 14.3. The monoisotopic (exact) mass is 437 g/mol. The lowest BCUT2D eigenvalue weighted by atomic mass is 10.1. The summed E-state index contributed by atoms with van der Waals surface area (Å²) in [5.74, 6) is -2.23. The highest BCUT2D eigenvalue weighted by atomic mass is 32.2. The second-order valence-electron chi connectivity index (χ2n) is 7.16. The summed E-state index contributed by atoms with van der Waals surface area (Å²) in [5.41, 5.74) is 0.880. The van der Waals surface area contributed by atoms with Crippen molar-refractivity contribution in [3.63, 3.8) is 0 Å². The van der Waals surface area contributed by atoms with Gasteiger partial charge in [0.2, 0.25) is 15.9 Å². The minimum atomic E-state index is -3.64. The topological polar surface area (TPSA) is 69.7 Å². The first-order valence-corrected chi connectivity index (χ1v) is 11.3. The van der Waals surface area contributed by atoms with E-state index >= 15 is 0 Å². The fourth-order valence-corrected chi connectivity index (χ4v) is 4.81. The third-order valence-corrected chi connectivity index (χ3v) is 7.05. The Bertz CT molecular complexity index is 1010. The number of aryl methyl sites for hydroxylation is 1. The molecule has 1 amide bonds. The molecule has 1 aliphatic heterocycles. The van der Waals surface area contributed by atoms with E-state index in [0.29, 0.717) is 37.4 Å². The molecule has 9 heteroatoms. The zero-order valence-electron chi connectivity index (χ0n) is 16.8. The van der Waals surface area contributed by atoms with Crippen LogP contribution < -0.4 is 5.32 Å². The average molecular weight is 438 g/mol. The van der Waals surface area contributed by atoms with E-state index in [2.05, 4.69) is 10.2 Å². The summed E-state index contributed by atoms with van der Waals surface area (Å²) < 4.78 is 53.5. The molecule has 1 heterocycles. The van der Waals surface area contributed by atoms with E-state index in [1.165, 1.54) is 22.5 Å². The summed E-state index contributed by atoms with van der Waals surface area (Å²) in [6, 6.07) is 9.67. The molecule has 0 radical (unpaired) electrons. The number of carbonyl (C=O) groups is 1. The zero-order chi connectivity index (χ0) is 21.7. The van der Waals surface area contributed by atoms with Gasteiger partial charge in [0.05, 0.1) is 4.90 Å². The lowest BCUT2D eigenvalue weighted by Crippen LogP contribution is -2.48. The average Bonchev–Trinajstić information content (AvgIpc) is 2.75. The molecule has 3 rings (SSSR count). The Morgan fingerprint density at radius 3 is 2.43 bits per heavy atom. The van der Waals surface area contributed by atoms with E-state index in [1.807, 2.05) is 6.92 Å². The second kappa shape index (κ2) is 9.63. The van der Waals surface area contributed by atoms with Gasteiger partial charge in [0, 0.05) is 38.3 Å². The number of halogens is 2. The van der Waals surface area contributed by atoms with Crippen molar-refractivity contribution in [2.45, 2.75) is 24.7 Å². The Kier molecular flexibility index (Phi) is 7.17. The molecule has 6 nitrogen and oxygen atoms in total. The minimum absolute atomic E-state index is 0.0566. The Morgan fingerprint density at radius 1 is 1.03 bits per heavy atom. The van der Waals surface area contributed by atoms with E-state index in [1.54, 1.807) is 12.1 Å². The van der Waals surface area contributed by atoms with Crippen LogP contribution in [-0.2, 0) is 21.2 Å². The van der Waals surface area contributed by atoms with Crippen molar-refractivity contribution in [3.05, 3.63) is 59.7 Å². The molecular weight excluding hydrogens is 412 g/mol. The summed E-state index contributed by atoms with van der Waals surface area (Å²) in [6.07, 6.45) is 0.295. The summed E-state index contributed by atoms with van der Waals surface area (Å²) in [6.45, 7) is 5.18. The molecule has 0 bridgehead atoms. The fourth-order valence-electron chi connectivity index (χ4n) is 3.35. The number of piperazine rings is 1. The number of rotatable bonds is 7. The standard InChI is InChI=1S/C21H25F2N3O3S/c1-2-25-10-12-26(13-11-25)30(28,29)18-5-3-4-17(15-18)24-21(27)9-7-16-6-8-19(22)20(23)14-16/h3-6,8,14-15H,2,7,9-13H2,1H3,(H,24,27). The number of hydrogen-bond acceptors (Lipinski definition) is 4. The summed E-state index contributed by atoms with van der Waals surface area (Å²) in [4.78, 5) is 14.5. The van der Waals surface area contributed by atoms with Crippen molar-refractivity contribution in [2.75, 3.05) is 38.0 Å². The van der Waals surface area contributed by atoms with Gasteiger partial charge in [-0.1, -0.05) is 19.1 Å². The SMILES string of the molecule is CCN1CCN(S(=O)(=O)c2cccc(NC(=O)CCc3ccc(F)c(F)c3)c2)CC1. The summed E-state index contributed by atoms with van der Waals surface area (Å²) in [7, 11) is -3.64. The highest BCUT2D eigenvalue weighted by Crippen LogP contribution is 2.21. The Labute approximate surface area is 175 Å². The first-order valence-electron chi connectivity index (χ1n) is 9.86. The van der Waals surface area contributed by atoms with Crippen molar-refractivity contribution in [1.82, 2.24) is 9.21 Å². The van der Waals surface area contributed by atoms with E-state index < -0.39 is 21.7 Å². The van der Waals surface area contributed by atoms with Gasteiger partial charge >= 0.3 is 0 Å². The van der Waals surface area contributed by atoms with Crippen LogP contribution >= 0.6 is 0 Å². The molecule has 0 atom stereocenters. The van der Waals surface area contributed by atoms with E-state index in [-0.39, 0.29) is 23.6 Å². The highest BCUT2D eigenvalue weighted by molar-refractivity contribution is 7.89. The number of likely N-dealkylation sites (N-methyl/N-ethyl adjacent to an activating group) is 1. The summed E-state index contributed by atoms with van der Waals surface area (Å²) in [5, 5.41) is 2.67. The fraction of sp³-hybridized carbons (Fsp3) is 0.381. The molecule has 2 aromatic rings. The van der Waals surface area contributed by atoms with Crippen LogP contribution in [0.2, 0.25) is 0 Å². The van der Waals surface area contributed by atoms with Crippen LogP contribution in [-0.4, -0.2) is 56.3 Å². The van der Waals surface area contributed by atoms with Crippen molar-refractivity contribution >= 4 is 21.6 Å². The third-order valence-electron chi connectivity index (χ3n) is 5.16. The van der Waals surface area contributed by atoms with Crippen molar-refractivity contribution in [1.29, 1.82) is 0 Å². The number of anilines is 1. The lowest BCUT2D eigenvalue weighted by Gasteiger charge is -2.33. The van der Waals surface area contributed by atoms with Crippen LogP contribution in [0.15, 0.2) is 47.4 Å². The van der Waals surface area contributed by atoms with Crippen LogP contribution in [0.25, 0.3) is 0 Å². The van der Waals surface area contributed by atoms with E-state index in [4.69, 9.17) is 0 Å². The number of benzene rings is 2. The predicted octanol–water partition coefficient (Wildman–Crippen LogP) is 2.86. The smallest absolute Gasteiger partial charge is 0.243 e. The molecule has 0 spiro atoms. The maximum atomic E-state index is 13.3. The first kappa shape index (κ1) is 22.3. The maximum absolute atomic E-state index is 13.3. The van der Waals surface area contributed by atoms with Crippen molar-refractivity contribution < 1.29 is 22.0 Å². The molecule has 0 aliphatic carbocycles. The van der Waals surface area contributed by atoms with E-state index in [9.17, 15) is 22.0 Å². The molecule has 0 unspecified atom stereocenters. The van der Waals surface area contributed by atoms with Crippen LogP contribution in [0.4, 0.5) is 14.5 Å². The normalized spacial score (nSPS) is 15.8. The number of sulfonamides is 1. The Morgan fingerprint density at radius 2 is 1.77 bits per heavy atom. The van der Waals surface area contributed by atoms with Crippen LogP contribution in [0.1, 0.15) is 18.9 Å². The van der Waals surface area contributed by atoms with Gasteiger partial charge in [-0.25, -0.2) is 17.2 Å². The molecule has 30 heavy (non-hydrogen) atoms. The van der Waals surface area contributed by atoms with Gasteiger partial charge in [-0.15, -0.1) is 0 Å². The maximum Gasteiger partial charge on any atom is 0.243 e. The molecular formula is C21H25F2N3O3S. The molecule has 1 saturated heterocycles. The number of nitrogens with zero attached hydrogens (tertiary/aromatic N) is 2. The highest BCUT2D eigenvalue weighted by Gasteiger charge is 2.28. The number of hydrogen-bond donors (Lipinski definition) is 1. The third kappa shape index (κ3) is 5.41. The lowest BCUT2D eigenvalue weighted by molar-refractivity contribution is -0.116. The van der Waals surface area contributed by atoms with Gasteiger partial charge in [0.1, 0.15) is 0 Å². The van der Waals surface area contributed by atoms with Crippen LogP contribution in [0, 0.1) is 11.6 Å². The molecule has 1 fully saturated rings. The van der Waals surface area contributed by atoms with Gasteiger partial charge in [-0.2, -0.15) is 4.31 Å². The van der Waals surface area contributed by atoms with Crippen LogP contribution in [0.3, 0.4) is 0 Å². The molecule has 2 aromatic carbocycles. The van der Waals surface area contributed by atoms with Gasteiger partial charge < -0.3 is 10.2 Å².